The van der Waals surface area contributed by atoms with Crippen molar-refractivity contribution in [2.24, 2.45) is 0 Å². The molecule has 4 aromatic rings. The highest BCUT2D eigenvalue weighted by molar-refractivity contribution is 7.99. The van der Waals surface area contributed by atoms with E-state index in [1.54, 1.807) is 32.4 Å². The molecule has 0 spiro atoms. The van der Waals surface area contributed by atoms with Gasteiger partial charge in [0, 0.05) is 22.7 Å². The number of hydrogen-bond acceptors (Lipinski definition) is 6. The van der Waals surface area contributed by atoms with Crippen molar-refractivity contribution in [3.63, 3.8) is 0 Å². The van der Waals surface area contributed by atoms with Crippen LogP contribution in [0.25, 0.3) is 5.69 Å². The van der Waals surface area contributed by atoms with Crippen LogP contribution in [-0.2, 0) is 6.42 Å². The molecule has 0 amide bonds. The predicted molar refractivity (Wildman–Crippen MR) is 130 cm³/mol. The van der Waals surface area contributed by atoms with E-state index in [2.05, 4.69) is 10.2 Å². The summed E-state index contributed by atoms with van der Waals surface area (Å²) in [5.41, 5.74) is 2.55. The predicted octanol–water partition coefficient (Wildman–Crippen LogP) is 5.50. The SMILES string of the molecule is COc1ccc(C(=O)CSc2nnc(Cc3ccccc3)n2-c2ccc(Cl)cc2)cc1OC. The molecule has 8 heteroatoms. The average Bonchev–Trinajstić information content (AvgIpc) is 3.25. The molecular formula is C25H22ClN3O3S. The van der Waals surface area contributed by atoms with Gasteiger partial charge in [-0.05, 0) is 48.0 Å². The smallest absolute Gasteiger partial charge is 0.196 e. The van der Waals surface area contributed by atoms with E-state index in [-0.39, 0.29) is 11.5 Å². The molecule has 0 fully saturated rings. The Balaban J connectivity index is 1.59. The first kappa shape index (κ1) is 22.9. The maximum Gasteiger partial charge on any atom is 0.196 e. The first-order valence-electron chi connectivity index (χ1n) is 10.2. The summed E-state index contributed by atoms with van der Waals surface area (Å²) < 4.78 is 12.5. The lowest BCUT2D eigenvalue weighted by molar-refractivity contribution is 0.102. The fraction of sp³-hybridized carbons (Fsp3) is 0.160. The molecule has 0 N–H and O–H groups in total. The van der Waals surface area contributed by atoms with Gasteiger partial charge < -0.3 is 9.47 Å². The molecule has 0 radical (unpaired) electrons. The van der Waals surface area contributed by atoms with Crippen LogP contribution in [0.5, 0.6) is 11.5 Å². The Morgan fingerprint density at radius 2 is 1.67 bits per heavy atom. The number of ether oxygens (including phenoxy) is 2. The molecule has 0 bridgehead atoms. The number of ketones is 1. The highest BCUT2D eigenvalue weighted by Gasteiger charge is 2.18. The Hall–Kier alpha value is -3.29. The first-order valence-corrected chi connectivity index (χ1v) is 11.6. The van der Waals surface area contributed by atoms with Gasteiger partial charge in [0.05, 0.1) is 20.0 Å². The molecule has 0 atom stereocenters. The number of halogens is 1. The van der Waals surface area contributed by atoms with Crippen molar-refractivity contribution in [3.8, 4) is 17.2 Å². The van der Waals surface area contributed by atoms with Crippen molar-refractivity contribution >= 4 is 29.1 Å². The Morgan fingerprint density at radius 3 is 2.36 bits per heavy atom. The molecule has 4 rings (SSSR count). The maximum absolute atomic E-state index is 12.9. The van der Waals surface area contributed by atoms with Crippen LogP contribution in [0.1, 0.15) is 21.7 Å². The van der Waals surface area contributed by atoms with Crippen LogP contribution in [0.2, 0.25) is 5.02 Å². The second kappa shape index (κ2) is 10.6. The number of methoxy groups -OCH3 is 2. The van der Waals surface area contributed by atoms with Crippen LogP contribution >= 0.6 is 23.4 Å². The van der Waals surface area contributed by atoms with Crippen LogP contribution in [0.15, 0.2) is 78.0 Å². The summed E-state index contributed by atoms with van der Waals surface area (Å²) >= 11 is 7.43. The highest BCUT2D eigenvalue weighted by atomic mass is 35.5. The summed E-state index contributed by atoms with van der Waals surface area (Å²) in [4.78, 5) is 12.9. The van der Waals surface area contributed by atoms with Crippen LogP contribution in [0.3, 0.4) is 0 Å². The summed E-state index contributed by atoms with van der Waals surface area (Å²) in [7, 11) is 3.11. The van der Waals surface area contributed by atoms with E-state index < -0.39 is 0 Å². The van der Waals surface area contributed by atoms with Crippen molar-refractivity contribution in [2.75, 3.05) is 20.0 Å². The van der Waals surface area contributed by atoms with Crippen LogP contribution in [0.4, 0.5) is 0 Å². The molecule has 0 unspecified atom stereocenters. The summed E-state index contributed by atoms with van der Waals surface area (Å²) in [5, 5.41) is 10.1. The second-order valence-electron chi connectivity index (χ2n) is 7.15. The molecule has 0 aliphatic heterocycles. The molecule has 1 aromatic heterocycles. The van der Waals surface area contributed by atoms with Gasteiger partial charge in [-0.15, -0.1) is 10.2 Å². The topological polar surface area (TPSA) is 66.2 Å². The third-order valence-electron chi connectivity index (χ3n) is 5.03. The molecule has 168 valence electrons. The Labute approximate surface area is 201 Å². The van der Waals surface area contributed by atoms with Gasteiger partial charge >= 0.3 is 0 Å². The summed E-state index contributed by atoms with van der Waals surface area (Å²) in [6.45, 7) is 0. The Morgan fingerprint density at radius 1 is 0.939 bits per heavy atom. The Kier molecular flexibility index (Phi) is 7.32. The average molecular weight is 480 g/mol. The van der Waals surface area contributed by atoms with Crippen molar-refractivity contribution in [1.82, 2.24) is 14.8 Å². The number of hydrogen-bond donors (Lipinski definition) is 0. The number of benzene rings is 3. The van der Waals surface area contributed by atoms with Crippen molar-refractivity contribution in [3.05, 3.63) is 94.8 Å². The van der Waals surface area contributed by atoms with Gasteiger partial charge in [-0.1, -0.05) is 53.7 Å². The normalized spacial score (nSPS) is 10.8. The molecule has 0 saturated carbocycles. The maximum atomic E-state index is 12.9. The molecule has 0 aliphatic carbocycles. The minimum Gasteiger partial charge on any atom is -0.493 e. The van der Waals surface area contributed by atoms with Gasteiger partial charge in [-0.25, -0.2) is 0 Å². The van der Waals surface area contributed by atoms with Gasteiger partial charge in [0.15, 0.2) is 22.4 Å². The lowest BCUT2D eigenvalue weighted by atomic mass is 10.1. The fourth-order valence-corrected chi connectivity index (χ4v) is 4.35. The quantitative estimate of drug-likeness (QED) is 0.233. The second-order valence-corrected chi connectivity index (χ2v) is 8.53. The van der Waals surface area contributed by atoms with Crippen molar-refractivity contribution < 1.29 is 14.3 Å². The monoisotopic (exact) mass is 479 g/mol. The van der Waals surface area contributed by atoms with Gasteiger partial charge in [0.1, 0.15) is 5.82 Å². The van der Waals surface area contributed by atoms with E-state index in [1.165, 1.54) is 11.8 Å². The minimum absolute atomic E-state index is 0.0452. The zero-order valence-electron chi connectivity index (χ0n) is 18.2. The Bertz CT molecular complexity index is 1240. The molecule has 1 heterocycles. The third kappa shape index (κ3) is 5.38. The number of thioether (sulfide) groups is 1. The number of rotatable bonds is 9. The number of carbonyl (C=O) groups excluding carboxylic acids is 1. The zero-order chi connectivity index (χ0) is 23.2. The molecule has 0 aliphatic rings. The van der Waals surface area contributed by atoms with Crippen LogP contribution < -0.4 is 9.47 Å². The molecule has 6 nitrogen and oxygen atoms in total. The number of Topliss-reactive ketones (excluding diaryl/α,β-unsaturated/α-hetero) is 1. The fourth-order valence-electron chi connectivity index (χ4n) is 3.36. The standard InChI is InChI=1S/C25H22ClN3O3S/c1-31-22-13-8-18(15-23(22)32-2)21(30)16-33-25-28-27-24(14-17-6-4-3-5-7-17)29(25)20-11-9-19(26)10-12-20/h3-13,15H,14,16H2,1-2H3. The highest BCUT2D eigenvalue weighted by Crippen LogP contribution is 2.29. The van der Waals surface area contributed by atoms with Crippen LogP contribution in [-0.4, -0.2) is 40.5 Å². The van der Waals surface area contributed by atoms with E-state index in [0.29, 0.717) is 33.7 Å². The summed E-state index contributed by atoms with van der Waals surface area (Å²) in [6.07, 6.45) is 0.612. The molecule has 0 saturated heterocycles. The van der Waals surface area contributed by atoms with E-state index in [1.807, 2.05) is 59.2 Å². The third-order valence-corrected chi connectivity index (χ3v) is 6.21. The number of aromatic nitrogens is 3. The summed E-state index contributed by atoms with van der Waals surface area (Å²) in [5.74, 6) is 2.03. The summed E-state index contributed by atoms with van der Waals surface area (Å²) in [6, 6.07) is 22.7. The zero-order valence-corrected chi connectivity index (χ0v) is 19.8. The number of nitrogens with zero attached hydrogens (tertiary/aromatic N) is 3. The minimum atomic E-state index is -0.0452. The van der Waals surface area contributed by atoms with Gasteiger partial charge in [0.2, 0.25) is 0 Å². The van der Waals surface area contributed by atoms with Crippen molar-refractivity contribution in [2.45, 2.75) is 11.6 Å². The van der Waals surface area contributed by atoms with E-state index in [0.717, 1.165) is 17.1 Å². The first-order chi connectivity index (χ1) is 16.1. The lowest BCUT2D eigenvalue weighted by Crippen LogP contribution is -2.07. The van der Waals surface area contributed by atoms with E-state index in [9.17, 15) is 4.79 Å². The number of carbonyl (C=O) groups is 1. The van der Waals surface area contributed by atoms with Gasteiger partial charge in [0.25, 0.3) is 0 Å². The molecular weight excluding hydrogens is 458 g/mol. The van der Waals surface area contributed by atoms with E-state index in [4.69, 9.17) is 21.1 Å². The molecule has 33 heavy (non-hydrogen) atoms. The van der Waals surface area contributed by atoms with E-state index >= 15 is 0 Å². The molecule has 3 aromatic carbocycles. The lowest BCUT2D eigenvalue weighted by Gasteiger charge is -2.11. The van der Waals surface area contributed by atoms with Gasteiger partial charge in [-0.3, -0.25) is 9.36 Å². The van der Waals surface area contributed by atoms with Crippen LogP contribution in [0, 0.1) is 0 Å². The van der Waals surface area contributed by atoms with Crippen molar-refractivity contribution in [1.29, 1.82) is 0 Å². The largest absolute Gasteiger partial charge is 0.493 e. The van der Waals surface area contributed by atoms with Gasteiger partial charge in [-0.2, -0.15) is 0 Å².